The third-order valence-corrected chi connectivity index (χ3v) is 8.37. The van der Waals surface area contributed by atoms with Crippen LogP contribution in [0.5, 0.6) is 0 Å². The van der Waals surface area contributed by atoms with Crippen LogP contribution in [0.15, 0.2) is 34.3 Å². The fraction of sp³-hybridized carbons (Fsp3) is 0.571. The highest BCUT2D eigenvalue weighted by atomic mass is 32.2. The van der Waals surface area contributed by atoms with Gasteiger partial charge in [0.1, 0.15) is 0 Å². The molecule has 1 aromatic carbocycles. The Labute approximate surface area is 199 Å². The molecule has 1 atom stereocenters. The van der Waals surface area contributed by atoms with Gasteiger partial charge in [-0.3, -0.25) is 9.36 Å². The van der Waals surface area contributed by atoms with Gasteiger partial charge in [-0.25, -0.2) is 12.7 Å². The number of thioether (sulfide) groups is 1. The van der Waals surface area contributed by atoms with Crippen molar-refractivity contribution >= 4 is 27.7 Å². The summed E-state index contributed by atoms with van der Waals surface area (Å²) in [4.78, 5) is 14.8. The minimum absolute atomic E-state index is 0.0720. The number of carbonyl (C=O) groups is 1. The van der Waals surface area contributed by atoms with Gasteiger partial charge in [0.25, 0.3) is 0 Å². The number of aromatic nitrogens is 3. The monoisotopic (exact) mass is 497 g/mol. The lowest BCUT2D eigenvalue weighted by Crippen LogP contribution is -2.34. The van der Waals surface area contributed by atoms with Crippen molar-refractivity contribution in [2.24, 2.45) is 0 Å². The fourth-order valence-corrected chi connectivity index (χ4v) is 5.45. The van der Waals surface area contributed by atoms with Crippen molar-refractivity contribution in [1.82, 2.24) is 24.0 Å². The lowest BCUT2D eigenvalue weighted by atomic mass is 10.2. The SMILES string of the molecule is COC(Cn1c(SC(C)C(=O)N2CCCC2)nnc1-c1cccc(S(=O)(=O)N(C)C)c1)OC. The van der Waals surface area contributed by atoms with Gasteiger partial charge in [-0.2, -0.15) is 0 Å². The van der Waals surface area contributed by atoms with E-state index in [1.165, 1.54) is 40.1 Å². The predicted molar refractivity (Wildman–Crippen MR) is 125 cm³/mol. The lowest BCUT2D eigenvalue weighted by molar-refractivity contribution is -0.129. The van der Waals surface area contributed by atoms with Gasteiger partial charge in [0.15, 0.2) is 17.3 Å². The minimum Gasteiger partial charge on any atom is -0.354 e. The molecule has 1 amide bonds. The van der Waals surface area contributed by atoms with Gasteiger partial charge in [0.2, 0.25) is 15.9 Å². The van der Waals surface area contributed by atoms with Crippen molar-refractivity contribution in [2.75, 3.05) is 41.4 Å². The molecule has 1 aliphatic heterocycles. The molecular weight excluding hydrogens is 466 g/mol. The molecule has 1 unspecified atom stereocenters. The van der Waals surface area contributed by atoms with E-state index in [1.54, 1.807) is 28.8 Å². The van der Waals surface area contributed by atoms with Crippen LogP contribution in [0.1, 0.15) is 19.8 Å². The van der Waals surface area contributed by atoms with Gasteiger partial charge >= 0.3 is 0 Å². The van der Waals surface area contributed by atoms with E-state index in [0.717, 1.165) is 30.2 Å². The molecule has 182 valence electrons. The van der Waals surface area contributed by atoms with Crippen molar-refractivity contribution in [1.29, 1.82) is 0 Å². The molecule has 3 rings (SSSR count). The number of hydrogen-bond donors (Lipinski definition) is 0. The summed E-state index contributed by atoms with van der Waals surface area (Å²) in [7, 11) is 2.43. The van der Waals surface area contributed by atoms with Gasteiger partial charge in [-0.05, 0) is 31.9 Å². The molecule has 10 nitrogen and oxygen atoms in total. The maximum atomic E-state index is 12.8. The summed E-state index contributed by atoms with van der Waals surface area (Å²) >= 11 is 1.32. The van der Waals surface area contributed by atoms with Crippen molar-refractivity contribution in [3.05, 3.63) is 24.3 Å². The summed E-state index contributed by atoms with van der Waals surface area (Å²) < 4.78 is 39.0. The molecule has 33 heavy (non-hydrogen) atoms. The molecule has 0 N–H and O–H groups in total. The standard InChI is InChI=1S/C21H31N5O5S2/c1-15(20(27)25-11-6-7-12-25)32-21-23-22-19(26(21)14-18(30-4)31-5)16-9-8-10-17(13-16)33(28,29)24(2)3/h8-10,13,15,18H,6-7,11-12,14H2,1-5H3. The molecular formula is C21H31N5O5S2. The average molecular weight is 498 g/mol. The average Bonchev–Trinajstić information content (AvgIpc) is 3.47. The van der Waals surface area contributed by atoms with E-state index in [-0.39, 0.29) is 22.6 Å². The number of rotatable bonds is 10. The first-order valence-corrected chi connectivity index (χ1v) is 13.0. The Bertz CT molecular complexity index is 1060. The highest BCUT2D eigenvalue weighted by Gasteiger charge is 2.27. The van der Waals surface area contributed by atoms with E-state index in [9.17, 15) is 13.2 Å². The van der Waals surface area contributed by atoms with Gasteiger partial charge in [0.05, 0.1) is 16.7 Å². The van der Waals surface area contributed by atoms with Crippen LogP contribution in [0, 0.1) is 0 Å². The van der Waals surface area contributed by atoms with Crippen LogP contribution in [0.3, 0.4) is 0 Å². The molecule has 0 aliphatic carbocycles. The molecule has 1 saturated heterocycles. The third-order valence-electron chi connectivity index (χ3n) is 5.49. The van der Waals surface area contributed by atoms with Crippen LogP contribution in [0.25, 0.3) is 11.4 Å². The predicted octanol–water partition coefficient (Wildman–Crippen LogP) is 1.92. The summed E-state index contributed by atoms with van der Waals surface area (Å²) in [6, 6.07) is 6.55. The lowest BCUT2D eigenvalue weighted by Gasteiger charge is -2.21. The maximum Gasteiger partial charge on any atom is 0.242 e. The summed E-state index contributed by atoms with van der Waals surface area (Å²) in [6.45, 7) is 3.69. The Morgan fingerprint density at radius 3 is 2.45 bits per heavy atom. The van der Waals surface area contributed by atoms with Crippen LogP contribution in [-0.2, 0) is 30.8 Å². The van der Waals surface area contributed by atoms with Crippen LogP contribution in [0.2, 0.25) is 0 Å². The number of benzene rings is 1. The van der Waals surface area contributed by atoms with Crippen molar-refractivity contribution in [3.63, 3.8) is 0 Å². The maximum absolute atomic E-state index is 12.8. The third kappa shape index (κ3) is 5.75. The Balaban J connectivity index is 1.97. The molecule has 1 aromatic heterocycles. The Hall–Kier alpha value is -1.99. The van der Waals surface area contributed by atoms with Gasteiger partial charge in [-0.15, -0.1) is 10.2 Å². The number of nitrogens with zero attached hydrogens (tertiary/aromatic N) is 5. The summed E-state index contributed by atoms with van der Waals surface area (Å²) in [6.07, 6.45) is 1.48. The second kappa shape index (κ2) is 11.0. The second-order valence-corrected chi connectivity index (χ2v) is 11.4. The fourth-order valence-electron chi connectivity index (χ4n) is 3.56. The molecule has 2 heterocycles. The van der Waals surface area contributed by atoms with E-state index < -0.39 is 16.3 Å². The first-order chi connectivity index (χ1) is 15.7. The van der Waals surface area contributed by atoms with Crippen LogP contribution in [0.4, 0.5) is 0 Å². The van der Waals surface area contributed by atoms with Crippen molar-refractivity contribution in [3.8, 4) is 11.4 Å². The smallest absolute Gasteiger partial charge is 0.242 e. The minimum atomic E-state index is -3.61. The Morgan fingerprint density at radius 1 is 1.18 bits per heavy atom. The topological polar surface area (TPSA) is 107 Å². The number of carbonyl (C=O) groups excluding carboxylic acids is 1. The normalized spacial score (nSPS) is 15.5. The highest BCUT2D eigenvalue weighted by Crippen LogP contribution is 2.30. The largest absolute Gasteiger partial charge is 0.354 e. The Kier molecular flexibility index (Phi) is 8.51. The number of amides is 1. The van der Waals surface area contributed by atoms with E-state index >= 15 is 0 Å². The number of ether oxygens (including phenoxy) is 2. The quantitative estimate of drug-likeness (QED) is 0.362. The number of hydrogen-bond acceptors (Lipinski definition) is 8. The number of likely N-dealkylation sites (tertiary alicyclic amines) is 1. The first kappa shape index (κ1) is 25.6. The molecule has 2 aromatic rings. The molecule has 1 aliphatic rings. The van der Waals surface area contributed by atoms with E-state index in [2.05, 4.69) is 10.2 Å². The van der Waals surface area contributed by atoms with E-state index in [1.807, 2.05) is 11.8 Å². The Morgan fingerprint density at radius 2 is 1.85 bits per heavy atom. The molecule has 1 fully saturated rings. The van der Waals surface area contributed by atoms with Gasteiger partial charge in [-0.1, -0.05) is 23.9 Å². The van der Waals surface area contributed by atoms with Crippen molar-refractivity contribution < 1.29 is 22.7 Å². The second-order valence-electron chi connectivity index (χ2n) is 7.93. The van der Waals surface area contributed by atoms with Gasteiger partial charge in [0, 0.05) is 47.0 Å². The summed E-state index contributed by atoms with van der Waals surface area (Å²) in [5, 5.41) is 8.85. The number of methoxy groups -OCH3 is 2. The summed E-state index contributed by atoms with van der Waals surface area (Å²) in [5.74, 6) is 0.538. The van der Waals surface area contributed by atoms with Crippen LogP contribution in [-0.4, -0.2) is 91.2 Å². The molecule has 0 saturated carbocycles. The van der Waals surface area contributed by atoms with E-state index in [4.69, 9.17) is 9.47 Å². The zero-order valence-electron chi connectivity index (χ0n) is 19.6. The molecule has 0 bridgehead atoms. The first-order valence-electron chi connectivity index (χ1n) is 10.7. The van der Waals surface area contributed by atoms with Gasteiger partial charge < -0.3 is 14.4 Å². The molecule has 12 heteroatoms. The van der Waals surface area contributed by atoms with Crippen LogP contribution >= 0.6 is 11.8 Å². The van der Waals surface area contributed by atoms with Crippen LogP contribution < -0.4 is 0 Å². The zero-order chi connectivity index (χ0) is 24.2. The summed E-state index contributed by atoms with van der Waals surface area (Å²) in [5.41, 5.74) is 0.585. The zero-order valence-corrected chi connectivity index (χ0v) is 21.2. The van der Waals surface area contributed by atoms with E-state index in [0.29, 0.717) is 16.5 Å². The molecule has 0 spiro atoms. The van der Waals surface area contributed by atoms with Crippen molar-refractivity contribution in [2.45, 2.75) is 47.9 Å². The number of sulfonamides is 1. The highest BCUT2D eigenvalue weighted by molar-refractivity contribution is 8.00. The molecule has 0 radical (unpaired) electrons.